The normalized spacial score (nSPS) is 37.5. The summed E-state index contributed by atoms with van der Waals surface area (Å²) in [4.78, 5) is 2.55. The highest BCUT2D eigenvalue weighted by Gasteiger charge is 2.36. The quantitative estimate of drug-likeness (QED) is 0.761. The van der Waals surface area contributed by atoms with Crippen LogP contribution in [0.4, 0.5) is 0 Å². The zero-order valence-electron chi connectivity index (χ0n) is 10.4. The number of methoxy groups -OCH3 is 2. The van der Waals surface area contributed by atoms with Gasteiger partial charge in [0.05, 0.1) is 12.2 Å². The minimum absolute atomic E-state index is 0.251. The van der Waals surface area contributed by atoms with E-state index in [2.05, 4.69) is 10.2 Å². The first-order chi connectivity index (χ1) is 7.85. The molecule has 0 amide bonds. The SMILES string of the molecule is COC1CN(C2CCCNCC2)CC1OC. The standard InChI is InChI=1S/C12H24N2O2/c1-15-11-8-14(9-12(11)16-2)10-4-3-6-13-7-5-10/h10-13H,3-9H2,1-2H3. The third-order valence-corrected chi connectivity index (χ3v) is 3.91. The largest absolute Gasteiger partial charge is 0.377 e. The summed E-state index contributed by atoms with van der Waals surface area (Å²) >= 11 is 0. The summed E-state index contributed by atoms with van der Waals surface area (Å²) < 4.78 is 11.0. The van der Waals surface area contributed by atoms with E-state index in [0.717, 1.165) is 19.6 Å². The number of nitrogens with one attached hydrogen (secondary N) is 1. The summed E-state index contributed by atoms with van der Waals surface area (Å²) in [5, 5.41) is 3.46. The van der Waals surface area contributed by atoms with E-state index in [1.165, 1.54) is 25.8 Å². The molecule has 2 saturated heterocycles. The highest BCUT2D eigenvalue weighted by Crippen LogP contribution is 2.22. The topological polar surface area (TPSA) is 33.7 Å². The Morgan fingerprint density at radius 2 is 1.69 bits per heavy atom. The fourth-order valence-corrected chi connectivity index (χ4v) is 2.89. The molecular formula is C12H24N2O2. The molecule has 16 heavy (non-hydrogen) atoms. The van der Waals surface area contributed by atoms with Gasteiger partial charge in [-0.15, -0.1) is 0 Å². The van der Waals surface area contributed by atoms with Crippen LogP contribution < -0.4 is 5.32 Å². The maximum absolute atomic E-state index is 5.48. The molecule has 0 aromatic heterocycles. The van der Waals surface area contributed by atoms with Crippen molar-refractivity contribution in [1.82, 2.24) is 10.2 Å². The maximum atomic E-state index is 5.48. The Kier molecular flexibility index (Phi) is 4.58. The molecule has 4 heteroatoms. The number of rotatable bonds is 3. The predicted molar refractivity (Wildman–Crippen MR) is 63.7 cm³/mol. The van der Waals surface area contributed by atoms with Gasteiger partial charge in [0.25, 0.3) is 0 Å². The molecule has 2 heterocycles. The molecule has 0 radical (unpaired) electrons. The number of hydrogen-bond acceptors (Lipinski definition) is 4. The summed E-state index contributed by atoms with van der Waals surface area (Å²) in [6.07, 6.45) is 4.35. The molecule has 2 fully saturated rings. The molecule has 0 aromatic carbocycles. The van der Waals surface area contributed by atoms with E-state index >= 15 is 0 Å². The van der Waals surface area contributed by atoms with Crippen molar-refractivity contribution in [3.63, 3.8) is 0 Å². The number of likely N-dealkylation sites (tertiary alicyclic amines) is 1. The van der Waals surface area contributed by atoms with Gasteiger partial charge in [-0.1, -0.05) is 0 Å². The second-order valence-corrected chi connectivity index (χ2v) is 4.84. The van der Waals surface area contributed by atoms with Crippen LogP contribution in [0.5, 0.6) is 0 Å². The van der Waals surface area contributed by atoms with Crippen molar-refractivity contribution in [2.45, 2.75) is 37.5 Å². The third kappa shape index (κ3) is 2.74. The van der Waals surface area contributed by atoms with Gasteiger partial charge in [-0.05, 0) is 32.4 Å². The monoisotopic (exact) mass is 228 g/mol. The Labute approximate surface area is 98.3 Å². The Balaban J connectivity index is 1.89. The molecule has 0 saturated carbocycles. The highest BCUT2D eigenvalue weighted by molar-refractivity contribution is 4.90. The first-order valence-electron chi connectivity index (χ1n) is 6.35. The minimum Gasteiger partial charge on any atom is -0.377 e. The first-order valence-corrected chi connectivity index (χ1v) is 6.35. The van der Waals surface area contributed by atoms with E-state index in [4.69, 9.17) is 9.47 Å². The first kappa shape index (κ1) is 12.3. The lowest BCUT2D eigenvalue weighted by Crippen LogP contribution is -2.35. The van der Waals surface area contributed by atoms with Gasteiger partial charge in [-0.3, -0.25) is 4.90 Å². The van der Waals surface area contributed by atoms with Crippen LogP contribution in [-0.4, -0.2) is 63.5 Å². The van der Waals surface area contributed by atoms with Gasteiger partial charge in [-0.25, -0.2) is 0 Å². The van der Waals surface area contributed by atoms with E-state index in [-0.39, 0.29) is 12.2 Å². The maximum Gasteiger partial charge on any atom is 0.0971 e. The van der Waals surface area contributed by atoms with Crippen molar-refractivity contribution in [2.24, 2.45) is 0 Å². The van der Waals surface area contributed by atoms with Gasteiger partial charge >= 0.3 is 0 Å². The fraction of sp³-hybridized carbons (Fsp3) is 1.00. The van der Waals surface area contributed by atoms with Crippen LogP contribution in [0.25, 0.3) is 0 Å². The van der Waals surface area contributed by atoms with Crippen molar-refractivity contribution in [1.29, 1.82) is 0 Å². The zero-order valence-corrected chi connectivity index (χ0v) is 10.4. The third-order valence-electron chi connectivity index (χ3n) is 3.91. The predicted octanol–water partition coefficient (Wildman–Crippen LogP) is 0.474. The summed E-state index contributed by atoms with van der Waals surface area (Å²) in [5.41, 5.74) is 0. The number of hydrogen-bond donors (Lipinski definition) is 1. The van der Waals surface area contributed by atoms with Gasteiger partial charge < -0.3 is 14.8 Å². The van der Waals surface area contributed by atoms with Crippen LogP contribution >= 0.6 is 0 Å². The van der Waals surface area contributed by atoms with Crippen LogP contribution in [0.15, 0.2) is 0 Å². The van der Waals surface area contributed by atoms with Gasteiger partial charge in [0.2, 0.25) is 0 Å². The Bertz CT molecular complexity index is 193. The van der Waals surface area contributed by atoms with Crippen LogP contribution in [0.1, 0.15) is 19.3 Å². The van der Waals surface area contributed by atoms with E-state index in [9.17, 15) is 0 Å². The van der Waals surface area contributed by atoms with E-state index in [1.807, 2.05) is 0 Å². The molecule has 94 valence electrons. The molecule has 2 rings (SSSR count). The van der Waals surface area contributed by atoms with Gasteiger partial charge in [0.15, 0.2) is 0 Å². The van der Waals surface area contributed by atoms with Crippen LogP contribution in [-0.2, 0) is 9.47 Å². The molecule has 2 aliphatic heterocycles. The average molecular weight is 228 g/mol. The second kappa shape index (κ2) is 5.96. The zero-order chi connectivity index (χ0) is 11.4. The van der Waals surface area contributed by atoms with Crippen molar-refractivity contribution < 1.29 is 9.47 Å². The van der Waals surface area contributed by atoms with Crippen LogP contribution in [0, 0.1) is 0 Å². The number of nitrogens with zero attached hydrogens (tertiary/aromatic N) is 1. The molecular weight excluding hydrogens is 204 g/mol. The summed E-state index contributed by atoms with van der Waals surface area (Å²) in [5.74, 6) is 0. The molecule has 0 aromatic rings. The summed E-state index contributed by atoms with van der Waals surface area (Å²) in [6, 6.07) is 0.716. The average Bonchev–Trinajstić information content (AvgIpc) is 2.54. The van der Waals surface area contributed by atoms with Crippen molar-refractivity contribution in [3.05, 3.63) is 0 Å². The molecule has 0 bridgehead atoms. The van der Waals surface area contributed by atoms with Gasteiger partial charge in [0, 0.05) is 33.4 Å². The fourth-order valence-electron chi connectivity index (χ4n) is 2.89. The van der Waals surface area contributed by atoms with Crippen LogP contribution in [0.2, 0.25) is 0 Å². The van der Waals surface area contributed by atoms with Crippen LogP contribution in [0.3, 0.4) is 0 Å². The Hall–Kier alpha value is -0.160. The molecule has 3 atom stereocenters. The van der Waals surface area contributed by atoms with E-state index in [1.54, 1.807) is 14.2 Å². The second-order valence-electron chi connectivity index (χ2n) is 4.84. The van der Waals surface area contributed by atoms with Gasteiger partial charge in [-0.2, -0.15) is 0 Å². The van der Waals surface area contributed by atoms with E-state index < -0.39 is 0 Å². The molecule has 3 unspecified atom stereocenters. The van der Waals surface area contributed by atoms with Crippen molar-refractivity contribution in [2.75, 3.05) is 40.4 Å². The lowest BCUT2D eigenvalue weighted by Gasteiger charge is -2.26. The summed E-state index contributed by atoms with van der Waals surface area (Å²) in [7, 11) is 3.57. The summed E-state index contributed by atoms with van der Waals surface area (Å²) in [6.45, 7) is 4.38. The molecule has 4 nitrogen and oxygen atoms in total. The lowest BCUT2D eigenvalue weighted by molar-refractivity contribution is -0.00461. The highest BCUT2D eigenvalue weighted by atomic mass is 16.5. The van der Waals surface area contributed by atoms with Crippen molar-refractivity contribution in [3.8, 4) is 0 Å². The molecule has 1 N–H and O–H groups in total. The Morgan fingerprint density at radius 3 is 2.31 bits per heavy atom. The van der Waals surface area contributed by atoms with E-state index in [0.29, 0.717) is 6.04 Å². The molecule has 2 aliphatic rings. The Morgan fingerprint density at radius 1 is 1.00 bits per heavy atom. The molecule has 0 aliphatic carbocycles. The smallest absolute Gasteiger partial charge is 0.0971 e. The van der Waals surface area contributed by atoms with Gasteiger partial charge in [0.1, 0.15) is 0 Å². The van der Waals surface area contributed by atoms with Crippen molar-refractivity contribution >= 4 is 0 Å². The minimum atomic E-state index is 0.251. The lowest BCUT2D eigenvalue weighted by atomic mass is 10.1. The number of ether oxygens (including phenoxy) is 2. The molecule has 0 spiro atoms.